The number of thiazole rings is 1. The molecule has 0 aliphatic heterocycles. The van der Waals surface area contributed by atoms with Crippen molar-refractivity contribution in [2.24, 2.45) is 0 Å². The normalized spacial score (nSPS) is 10.1. The molecule has 1 amide bonds. The zero-order valence-corrected chi connectivity index (χ0v) is 9.41. The van der Waals surface area contributed by atoms with Crippen molar-refractivity contribution in [2.45, 2.75) is 6.92 Å². The minimum Gasteiger partial charge on any atom is -0.395 e. The number of aliphatic hydroxyl groups excluding tert-OH is 1. The maximum atomic E-state index is 11.3. The Kier molecular flexibility index (Phi) is 3.83. The Morgan fingerprint density at radius 1 is 1.77 bits per heavy atom. The fourth-order valence-electron chi connectivity index (χ4n) is 0.828. The Morgan fingerprint density at radius 2 is 2.46 bits per heavy atom. The van der Waals surface area contributed by atoms with Crippen LogP contribution in [0.2, 0.25) is 0 Å². The van der Waals surface area contributed by atoms with Gasteiger partial charge in [0.25, 0.3) is 5.91 Å². The van der Waals surface area contributed by atoms with Gasteiger partial charge in [0.2, 0.25) is 0 Å². The molecule has 13 heavy (non-hydrogen) atoms. The SMILES string of the molecule is Cc1sc(Br)nc1C(=O)NCCO. The van der Waals surface area contributed by atoms with Crippen molar-refractivity contribution < 1.29 is 9.90 Å². The van der Waals surface area contributed by atoms with E-state index in [1.807, 2.05) is 6.92 Å². The fraction of sp³-hybridized carbons (Fsp3) is 0.429. The Morgan fingerprint density at radius 3 is 2.92 bits per heavy atom. The second-order valence-corrected chi connectivity index (χ2v) is 4.83. The van der Waals surface area contributed by atoms with Crippen LogP contribution in [0.4, 0.5) is 0 Å². The molecule has 0 saturated heterocycles. The molecule has 6 heteroatoms. The molecular weight excluding hydrogens is 256 g/mol. The van der Waals surface area contributed by atoms with Gasteiger partial charge in [-0.05, 0) is 22.9 Å². The largest absolute Gasteiger partial charge is 0.395 e. The van der Waals surface area contributed by atoms with Gasteiger partial charge in [0.15, 0.2) is 3.92 Å². The highest BCUT2D eigenvalue weighted by atomic mass is 79.9. The van der Waals surface area contributed by atoms with E-state index in [1.54, 1.807) is 0 Å². The number of nitrogens with zero attached hydrogens (tertiary/aromatic N) is 1. The van der Waals surface area contributed by atoms with Crippen molar-refractivity contribution in [1.29, 1.82) is 0 Å². The summed E-state index contributed by atoms with van der Waals surface area (Å²) in [6, 6.07) is 0. The van der Waals surface area contributed by atoms with Crippen LogP contribution < -0.4 is 5.32 Å². The van der Waals surface area contributed by atoms with Crippen LogP contribution >= 0.6 is 27.3 Å². The van der Waals surface area contributed by atoms with Crippen LogP contribution in [-0.4, -0.2) is 29.1 Å². The number of carbonyl (C=O) groups is 1. The highest BCUT2D eigenvalue weighted by Crippen LogP contribution is 2.21. The first-order valence-corrected chi connectivity index (χ1v) is 5.28. The van der Waals surface area contributed by atoms with E-state index in [1.165, 1.54) is 11.3 Å². The molecule has 0 aromatic carbocycles. The molecule has 0 saturated carbocycles. The third-order valence-corrected chi connectivity index (χ3v) is 2.81. The summed E-state index contributed by atoms with van der Waals surface area (Å²) < 4.78 is 0.694. The number of aryl methyl sites for hydroxylation is 1. The molecule has 0 spiro atoms. The Balaban J connectivity index is 2.70. The summed E-state index contributed by atoms with van der Waals surface area (Å²) in [7, 11) is 0. The van der Waals surface area contributed by atoms with E-state index in [9.17, 15) is 4.79 Å². The van der Waals surface area contributed by atoms with Crippen LogP contribution in [0.25, 0.3) is 0 Å². The number of halogens is 1. The molecular formula is C7H9BrN2O2S. The van der Waals surface area contributed by atoms with Gasteiger partial charge < -0.3 is 10.4 Å². The lowest BCUT2D eigenvalue weighted by atomic mass is 10.3. The summed E-state index contributed by atoms with van der Waals surface area (Å²) in [5.74, 6) is -0.242. The fourth-order valence-corrected chi connectivity index (χ4v) is 2.36. The maximum Gasteiger partial charge on any atom is 0.271 e. The van der Waals surface area contributed by atoms with E-state index in [0.29, 0.717) is 9.61 Å². The third-order valence-electron chi connectivity index (χ3n) is 1.38. The van der Waals surface area contributed by atoms with Crippen LogP contribution in [-0.2, 0) is 0 Å². The number of aliphatic hydroxyl groups is 1. The van der Waals surface area contributed by atoms with Crippen LogP contribution in [0.3, 0.4) is 0 Å². The Bertz CT molecular complexity index is 313. The molecule has 0 bridgehead atoms. The average molecular weight is 265 g/mol. The Hall–Kier alpha value is -0.460. The molecule has 4 nitrogen and oxygen atoms in total. The van der Waals surface area contributed by atoms with Crippen LogP contribution in [0.1, 0.15) is 15.4 Å². The van der Waals surface area contributed by atoms with Gasteiger partial charge in [-0.2, -0.15) is 0 Å². The lowest BCUT2D eigenvalue weighted by molar-refractivity contribution is 0.0940. The predicted molar refractivity (Wildman–Crippen MR) is 54.0 cm³/mol. The summed E-state index contributed by atoms with van der Waals surface area (Å²) in [6.07, 6.45) is 0. The minimum atomic E-state index is -0.242. The summed E-state index contributed by atoms with van der Waals surface area (Å²) in [4.78, 5) is 16.2. The maximum absolute atomic E-state index is 11.3. The lowest BCUT2D eigenvalue weighted by Crippen LogP contribution is -2.27. The smallest absolute Gasteiger partial charge is 0.271 e. The zero-order valence-electron chi connectivity index (χ0n) is 7.00. The predicted octanol–water partition coefficient (Wildman–Crippen LogP) is 0.936. The van der Waals surface area contributed by atoms with Gasteiger partial charge in [0.05, 0.1) is 6.61 Å². The van der Waals surface area contributed by atoms with E-state index < -0.39 is 0 Å². The molecule has 0 aliphatic carbocycles. The van der Waals surface area contributed by atoms with Crippen molar-refractivity contribution in [3.8, 4) is 0 Å². The average Bonchev–Trinajstić information content (AvgIpc) is 2.41. The summed E-state index contributed by atoms with van der Waals surface area (Å²) in [5, 5.41) is 11.0. The molecule has 0 atom stereocenters. The molecule has 72 valence electrons. The van der Waals surface area contributed by atoms with Gasteiger partial charge in [-0.1, -0.05) is 0 Å². The zero-order chi connectivity index (χ0) is 9.84. The van der Waals surface area contributed by atoms with Crippen LogP contribution in [0, 0.1) is 6.92 Å². The van der Waals surface area contributed by atoms with Gasteiger partial charge in [0.1, 0.15) is 5.69 Å². The van der Waals surface area contributed by atoms with Gasteiger partial charge >= 0.3 is 0 Å². The Labute approximate surface area is 88.1 Å². The van der Waals surface area contributed by atoms with Gasteiger partial charge in [-0.3, -0.25) is 4.79 Å². The van der Waals surface area contributed by atoms with Crippen LogP contribution in [0.5, 0.6) is 0 Å². The lowest BCUT2D eigenvalue weighted by Gasteiger charge is -1.99. The van der Waals surface area contributed by atoms with E-state index >= 15 is 0 Å². The summed E-state index contributed by atoms with van der Waals surface area (Å²) in [5.41, 5.74) is 0.422. The van der Waals surface area contributed by atoms with Gasteiger partial charge in [-0.15, -0.1) is 11.3 Å². The molecule has 1 rings (SSSR count). The standard InChI is InChI=1S/C7H9BrN2O2S/c1-4-5(10-7(8)13-4)6(12)9-2-3-11/h11H,2-3H2,1H3,(H,9,12). The van der Waals surface area contributed by atoms with E-state index in [0.717, 1.165) is 4.88 Å². The molecule has 0 unspecified atom stereocenters. The molecule has 0 radical (unpaired) electrons. The first kappa shape index (κ1) is 10.6. The number of rotatable bonds is 3. The van der Waals surface area contributed by atoms with Gasteiger partial charge in [0, 0.05) is 11.4 Å². The van der Waals surface area contributed by atoms with Gasteiger partial charge in [-0.25, -0.2) is 4.98 Å². The van der Waals surface area contributed by atoms with E-state index in [4.69, 9.17) is 5.11 Å². The quantitative estimate of drug-likeness (QED) is 0.854. The number of hydrogen-bond donors (Lipinski definition) is 2. The molecule has 1 aromatic heterocycles. The van der Waals surface area contributed by atoms with Crippen LogP contribution in [0.15, 0.2) is 3.92 Å². The van der Waals surface area contributed by atoms with E-state index in [-0.39, 0.29) is 19.1 Å². The first-order chi connectivity index (χ1) is 6.15. The number of aromatic nitrogens is 1. The highest BCUT2D eigenvalue weighted by molar-refractivity contribution is 9.11. The second-order valence-electron chi connectivity index (χ2n) is 2.35. The molecule has 0 fully saturated rings. The highest BCUT2D eigenvalue weighted by Gasteiger charge is 2.13. The van der Waals surface area contributed by atoms with Crippen molar-refractivity contribution in [1.82, 2.24) is 10.3 Å². The monoisotopic (exact) mass is 264 g/mol. The number of hydrogen-bond acceptors (Lipinski definition) is 4. The van der Waals surface area contributed by atoms with Crippen molar-refractivity contribution in [3.63, 3.8) is 0 Å². The summed E-state index contributed by atoms with van der Waals surface area (Å²) in [6.45, 7) is 2.03. The number of amides is 1. The van der Waals surface area contributed by atoms with Crippen molar-refractivity contribution in [2.75, 3.05) is 13.2 Å². The molecule has 1 heterocycles. The van der Waals surface area contributed by atoms with Crippen molar-refractivity contribution in [3.05, 3.63) is 14.5 Å². The minimum absolute atomic E-state index is 0.0594. The third kappa shape index (κ3) is 2.75. The van der Waals surface area contributed by atoms with Crippen molar-refractivity contribution >= 4 is 33.2 Å². The molecule has 1 aromatic rings. The number of carbonyl (C=O) groups excluding carboxylic acids is 1. The molecule has 2 N–H and O–H groups in total. The van der Waals surface area contributed by atoms with E-state index in [2.05, 4.69) is 26.2 Å². The second kappa shape index (κ2) is 4.69. The topological polar surface area (TPSA) is 62.2 Å². The number of nitrogens with one attached hydrogen (secondary N) is 1. The first-order valence-electron chi connectivity index (χ1n) is 3.67. The summed E-state index contributed by atoms with van der Waals surface area (Å²) >= 11 is 4.61. The molecule has 0 aliphatic rings.